The maximum absolute atomic E-state index is 6.07. The van der Waals surface area contributed by atoms with Crippen LogP contribution in [0, 0.1) is 0 Å². The van der Waals surface area contributed by atoms with Gasteiger partial charge in [-0.3, -0.25) is 4.90 Å². The van der Waals surface area contributed by atoms with Crippen molar-refractivity contribution < 1.29 is 9.47 Å². The van der Waals surface area contributed by atoms with Crippen molar-refractivity contribution in [2.45, 2.75) is 33.0 Å². The van der Waals surface area contributed by atoms with Crippen LogP contribution in [0.2, 0.25) is 0 Å². The molecule has 0 fully saturated rings. The van der Waals surface area contributed by atoms with Gasteiger partial charge in [-0.15, -0.1) is 24.0 Å². The lowest BCUT2D eigenvalue weighted by atomic mass is 10.1. The molecule has 0 heterocycles. The van der Waals surface area contributed by atoms with E-state index in [1.54, 1.807) is 14.2 Å². The van der Waals surface area contributed by atoms with E-state index in [2.05, 4.69) is 54.3 Å². The fourth-order valence-electron chi connectivity index (χ4n) is 2.59. The molecule has 0 aliphatic rings. The molecule has 6 nitrogen and oxygen atoms in total. The normalized spacial score (nSPS) is 11.3. The summed E-state index contributed by atoms with van der Waals surface area (Å²) in [4.78, 5) is 6.79. The van der Waals surface area contributed by atoms with Crippen LogP contribution in [0.3, 0.4) is 0 Å². The summed E-state index contributed by atoms with van der Waals surface area (Å²) in [6.07, 6.45) is 0. The maximum Gasteiger partial charge on any atom is 0.193 e. The Morgan fingerprint density at radius 1 is 1.07 bits per heavy atom. The van der Waals surface area contributed by atoms with E-state index < -0.39 is 0 Å². The maximum atomic E-state index is 6.07. The first-order valence-electron chi connectivity index (χ1n) is 9.00. The standard InChI is InChI=1S/C21H30N4O2.HI/c1-15(2)25(3)14-17-9-7-6-8-16(17)13-23-21(22)24-18-10-11-19(26-4)20(12-18)27-5;/h6-12,15H,13-14H2,1-5H3,(H3,22,23,24);1H. The monoisotopic (exact) mass is 498 g/mol. The molecule has 0 aliphatic carbocycles. The number of rotatable bonds is 8. The highest BCUT2D eigenvalue weighted by atomic mass is 127. The van der Waals surface area contributed by atoms with Gasteiger partial charge < -0.3 is 20.5 Å². The molecule has 28 heavy (non-hydrogen) atoms. The summed E-state index contributed by atoms with van der Waals surface area (Å²) in [6, 6.07) is 14.3. The number of methoxy groups -OCH3 is 2. The number of nitrogens with one attached hydrogen (secondary N) is 1. The van der Waals surface area contributed by atoms with Crippen molar-refractivity contribution in [1.82, 2.24) is 4.90 Å². The van der Waals surface area contributed by atoms with Crippen LogP contribution in [0.25, 0.3) is 0 Å². The SMILES string of the molecule is COc1ccc(NC(N)=NCc2ccccc2CN(C)C(C)C)cc1OC.I. The largest absolute Gasteiger partial charge is 0.493 e. The van der Waals surface area contributed by atoms with E-state index in [-0.39, 0.29) is 24.0 Å². The molecular weight excluding hydrogens is 467 g/mol. The highest BCUT2D eigenvalue weighted by molar-refractivity contribution is 14.0. The highest BCUT2D eigenvalue weighted by Gasteiger charge is 2.08. The van der Waals surface area contributed by atoms with Crippen molar-refractivity contribution >= 4 is 35.6 Å². The van der Waals surface area contributed by atoms with Gasteiger partial charge >= 0.3 is 0 Å². The number of halogens is 1. The lowest BCUT2D eigenvalue weighted by Crippen LogP contribution is -2.26. The van der Waals surface area contributed by atoms with Crippen LogP contribution in [-0.2, 0) is 13.1 Å². The predicted octanol–water partition coefficient (Wildman–Crippen LogP) is 4.09. The molecule has 0 saturated carbocycles. The zero-order valence-electron chi connectivity index (χ0n) is 17.2. The van der Waals surface area contributed by atoms with E-state index in [1.165, 1.54) is 11.1 Å². The quantitative estimate of drug-likeness (QED) is 0.326. The molecule has 0 atom stereocenters. The van der Waals surface area contributed by atoms with Crippen LogP contribution < -0.4 is 20.5 Å². The molecule has 0 aromatic heterocycles. The van der Waals surface area contributed by atoms with Gasteiger partial charge in [-0.05, 0) is 44.2 Å². The molecule has 0 spiro atoms. The number of benzene rings is 2. The van der Waals surface area contributed by atoms with Crippen molar-refractivity contribution in [2.75, 3.05) is 26.6 Å². The summed E-state index contributed by atoms with van der Waals surface area (Å²) >= 11 is 0. The van der Waals surface area contributed by atoms with Crippen molar-refractivity contribution in [3.8, 4) is 11.5 Å². The van der Waals surface area contributed by atoms with Crippen LogP contribution in [0.15, 0.2) is 47.5 Å². The molecule has 0 saturated heterocycles. The van der Waals surface area contributed by atoms with Gasteiger partial charge in [0.25, 0.3) is 0 Å². The van der Waals surface area contributed by atoms with E-state index in [1.807, 2.05) is 24.3 Å². The van der Waals surface area contributed by atoms with Gasteiger partial charge in [-0.25, -0.2) is 4.99 Å². The molecule has 0 radical (unpaired) electrons. The van der Waals surface area contributed by atoms with Crippen molar-refractivity contribution in [2.24, 2.45) is 10.7 Å². The Hall–Kier alpha value is -2.00. The second-order valence-corrected chi connectivity index (χ2v) is 6.67. The van der Waals surface area contributed by atoms with Crippen LogP contribution >= 0.6 is 24.0 Å². The summed E-state index contributed by atoms with van der Waals surface area (Å²) in [6.45, 7) is 5.78. The van der Waals surface area contributed by atoms with Crippen LogP contribution in [0.4, 0.5) is 5.69 Å². The van der Waals surface area contributed by atoms with E-state index in [0.717, 1.165) is 12.2 Å². The van der Waals surface area contributed by atoms with Gasteiger partial charge in [0, 0.05) is 24.3 Å². The second kappa shape index (κ2) is 11.8. The Morgan fingerprint density at radius 3 is 2.32 bits per heavy atom. The zero-order valence-corrected chi connectivity index (χ0v) is 19.6. The van der Waals surface area contributed by atoms with Gasteiger partial charge in [-0.1, -0.05) is 24.3 Å². The highest BCUT2D eigenvalue weighted by Crippen LogP contribution is 2.29. The van der Waals surface area contributed by atoms with Crippen molar-refractivity contribution in [3.63, 3.8) is 0 Å². The number of nitrogens with two attached hydrogens (primary N) is 1. The fourth-order valence-corrected chi connectivity index (χ4v) is 2.59. The molecular formula is C21H31IN4O2. The lowest BCUT2D eigenvalue weighted by molar-refractivity contribution is 0.265. The van der Waals surface area contributed by atoms with Crippen LogP contribution in [0.1, 0.15) is 25.0 Å². The molecule has 0 amide bonds. The molecule has 2 aromatic rings. The summed E-state index contributed by atoms with van der Waals surface area (Å²) < 4.78 is 10.6. The first kappa shape index (κ1) is 24.0. The topological polar surface area (TPSA) is 72.1 Å². The minimum Gasteiger partial charge on any atom is -0.493 e. The number of aliphatic imine (C=N–C) groups is 1. The Labute approximate surface area is 185 Å². The van der Waals surface area contributed by atoms with E-state index in [0.29, 0.717) is 30.0 Å². The third-order valence-electron chi connectivity index (χ3n) is 4.50. The first-order chi connectivity index (χ1) is 12.9. The van der Waals surface area contributed by atoms with Gasteiger partial charge in [0.15, 0.2) is 17.5 Å². The Bertz CT molecular complexity index is 781. The van der Waals surface area contributed by atoms with Gasteiger partial charge in [0.05, 0.1) is 20.8 Å². The number of anilines is 1. The van der Waals surface area contributed by atoms with Crippen molar-refractivity contribution in [3.05, 3.63) is 53.6 Å². The van der Waals surface area contributed by atoms with Crippen molar-refractivity contribution in [1.29, 1.82) is 0 Å². The van der Waals surface area contributed by atoms with Gasteiger partial charge in [0.1, 0.15) is 0 Å². The molecule has 2 rings (SSSR count). The molecule has 0 unspecified atom stereocenters. The van der Waals surface area contributed by atoms with E-state index >= 15 is 0 Å². The Morgan fingerprint density at radius 2 is 1.71 bits per heavy atom. The van der Waals surface area contributed by atoms with Crippen LogP contribution in [-0.4, -0.2) is 38.2 Å². The average Bonchev–Trinajstić information content (AvgIpc) is 2.67. The minimum absolute atomic E-state index is 0. The summed E-state index contributed by atoms with van der Waals surface area (Å²) in [5.74, 6) is 1.66. The summed E-state index contributed by atoms with van der Waals surface area (Å²) in [7, 11) is 5.33. The van der Waals surface area contributed by atoms with E-state index in [4.69, 9.17) is 15.2 Å². The molecule has 0 bridgehead atoms. The number of ether oxygens (including phenoxy) is 2. The third-order valence-corrected chi connectivity index (χ3v) is 4.50. The number of guanidine groups is 1. The van der Waals surface area contributed by atoms with Crippen LogP contribution in [0.5, 0.6) is 11.5 Å². The zero-order chi connectivity index (χ0) is 19.8. The predicted molar refractivity (Wildman–Crippen MR) is 127 cm³/mol. The summed E-state index contributed by atoms with van der Waals surface area (Å²) in [5, 5.41) is 3.10. The molecule has 3 N–H and O–H groups in total. The number of hydrogen-bond acceptors (Lipinski definition) is 4. The lowest BCUT2D eigenvalue weighted by Gasteiger charge is -2.22. The Balaban J connectivity index is 0.00000392. The fraction of sp³-hybridized carbons (Fsp3) is 0.381. The number of nitrogens with zero attached hydrogens (tertiary/aromatic N) is 2. The molecule has 0 aliphatic heterocycles. The molecule has 7 heteroatoms. The van der Waals surface area contributed by atoms with Gasteiger partial charge in [-0.2, -0.15) is 0 Å². The van der Waals surface area contributed by atoms with Gasteiger partial charge in [0.2, 0.25) is 0 Å². The molecule has 2 aromatic carbocycles. The Kier molecular flexibility index (Phi) is 10.1. The minimum atomic E-state index is 0. The third kappa shape index (κ3) is 6.87. The molecule has 154 valence electrons. The first-order valence-corrected chi connectivity index (χ1v) is 9.00. The number of hydrogen-bond donors (Lipinski definition) is 2. The average molecular weight is 498 g/mol. The smallest absolute Gasteiger partial charge is 0.193 e. The second-order valence-electron chi connectivity index (χ2n) is 6.67. The van der Waals surface area contributed by atoms with E-state index in [9.17, 15) is 0 Å². The summed E-state index contributed by atoms with van der Waals surface area (Å²) in [5.41, 5.74) is 9.29.